The standard InChI is InChI=1S/C23H27N5O/c1-26-15-13-19(14-16-26)27(2)23(29)22-24-21(17-18-9-5-3-6-10-18)28(25-22)20-11-7-4-8-12-20/h3-12,19H,13-17H2,1-2H3. The summed E-state index contributed by atoms with van der Waals surface area (Å²) in [4.78, 5) is 21.9. The van der Waals surface area contributed by atoms with Gasteiger partial charge >= 0.3 is 0 Å². The number of rotatable bonds is 5. The van der Waals surface area contributed by atoms with Crippen molar-refractivity contribution in [3.05, 3.63) is 77.9 Å². The van der Waals surface area contributed by atoms with Crippen LogP contribution in [0.2, 0.25) is 0 Å². The number of amides is 1. The summed E-state index contributed by atoms with van der Waals surface area (Å²) in [6.45, 7) is 2.01. The van der Waals surface area contributed by atoms with Gasteiger partial charge in [-0.2, -0.15) is 0 Å². The monoisotopic (exact) mass is 389 g/mol. The van der Waals surface area contributed by atoms with Gasteiger partial charge in [-0.25, -0.2) is 9.67 Å². The molecule has 1 saturated heterocycles. The van der Waals surface area contributed by atoms with Gasteiger partial charge in [-0.15, -0.1) is 5.10 Å². The van der Waals surface area contributed by atoms with E-state index in [1.165, 1.54) is 0 Å². The molecular weight excluding hydrogens is 362 g/mol. The molecule has 4 rings (SSSR count). The number of carbonyl (C=O) groups excluding carboxylic acids is 1. The third-order valence-corrected chi connectivity index (χ3v) is 5.63. The van der Waals surface area contributed by atoms with E-state index in [9.17, 15) is 4.79 Å². The van der Waals surface area contributed by atoms with Gasteiger partial charge in [0.1, 0.15) is 5.82 Å². The van der Waals surface area contributed by atoms with Crippen molar-refractivity contribution in [2.75, 3.05) is 27.2 Å². The van der Waals surface area contributed by atoms with E-state index < -0.39 is 0 Å². The number of nitrogens with zero attached hydrogens (tertiary/aromatic N) is 5. The van der Waals surface area contributed by atoms with Gasteiger partial charge in [-0.3, -0.25) is 4.79 Å². The minimum Gasteiger partial charge on any atom is -0.336 e. The summed E-state index contributed by atoms with van der Waals surface area (Å²) in [7, 11) is 4.00. The maximum Gasteiger partial charge on any atom is 0.293 e. The predicted octanol–water partition coefficient (Wildman–Crippen LogP) is 3.02. The van der Waals surface area contributed by atoms with Crippen LogP contribution in [0.1, 0.15) is 34.8 Å². The van der Waals surface area contributed by atoms with Gasteiger partial charge in [0, 0.05) is 19.5 Å². The van der Waals surface area contributed by atoms with Gasteiger partial charge in [-0.05, 0) is 50.7 Å². The molecule has 2 aromatic carbocycles. The molecular formula is C23H27N5O. The van der Waals surface area contributed by atoms with Crippen molar-refractivity contribution in [1.82, 2.24) is 24.6 Å². The van der Waals surface area contributed by atoms with E-state index in [1.807, 2.05) is 60.5 Å². The molecule has 0 atom stereocenters. The van der Waals surface area contributed by atoms with Crippen LogP contribution in [0.5, 0.6) is 0 Å². The van der Waals surface area contributed by atoms with Crippen LogP contribution in [0.4, 0.5) is 0 Å². The van der Waals surface area contributed by atoms with Crippen LogP contribution in [0, 0.1) is 0 Å². The van der Waals surface area contributed by atoms with Crippen LogP contribution in [0.3, 0.4) is 0 Å². The van der Waals surface area contributed by atoms with Gasteiger partial charge < -0.3 is 9.80 Å². The third kappa shape index (κ3) is 4.38. The third-order valence-electron chi connectivity index (χ3n) is 5.63. The molecule has 0 spiro atoms. The zero-order chi connectivity index (χ0) is 20.2. The SMILES string of the molecule is CN1CCC(N(C)C(=O)c2nc(Cc3ccccc3)n(-c3ccccc3)n2)CC1. The fourth-order valence-corrected chi connectivity index (χ4v) is 3.81. The molecule has 0 radical (unpaired) electrons. The predicted molar refractivity (Wildman–Crippen MR) is 113 cm³/mol. The van der Waals surface area contributed by atoms with Crippen LogP contribution >= 0.6 is 0 Å². The molecule has 1 aliphatic heterocycles. The smallest absolute Gasteiger partial charge is 0.293 e. The number of likely N-dealkylation sites (tertiary alicyclic amines) is 1. The summed E-state index contributed by atoms with van der Waals surface area (Å²) in [5.41, 5.74) is 2.05. The van der Waals surface area contributed by atoms with Crippen LogP contribution in [0.15, 0.2) is 60.7 Å². The Hall–Kier alpha value is -2.99. The first-order valence-electron chi connectivity index (χ1n) is 10.1. The van der Waals surface area contributed by atoms with E-state index in [0.29, 0.717) is 6.42 Å². The second-order valence-corrected chi connectivity index (χ2v) is 7.71. The minimum absolute atomic E-state index is 0.108. The first-order chi connectivity index (χ1) is 14.1. The Bertz CT molecular complexity index is 946. The highest BCUT2D eigenvalue weighted by atomic mass is 16.2. The van der Waals surface area contributed by atoms with E-state index in [1.54, 1.807) is 4.68 Å². The molecule has 0 N–H and O–H groups in total. The van der Waals surface area contributed by atoms with Crippen molar-refractivity contribution >= 4 is 5.91 Å². The van der Waals surface area contributed by atoms with Crippen LogP contribution in [-0.2, 0) is 6.42 Å². The van der Waals surface area contributed by atoms with E-state index in [4.69, 9.17) is 0 Å². The van der Waals surface area contributed by atoms with Crippen LogP contribution in [0.25, 0.3) is 5.69 Å². The van der Waals surface area contributed by atoms with Crippen LogP contribution in [-0.4, -0.2) is 63.7 Å². The average molecular weight is 390 g/mol. The van der Waals surface area contributed by atoms with Gasteiger partial charge in [0.25, 0.3) is 5.91 Å². The van der Waals surface area contributed by atoms with Crippen LogP contribution < -0.4 is 0 Å². The second-order valence-electron chi connectivity index (χ2n) is 7.71. The molecule has 3 aromatic rings. The first-order valence-corrected chi connectivity index (χ1v) is 10.1. The Morgan fingerprint density at radius 1 is 1.03 bits per heavy atom. The maximum absolute atomic E-state index is 13.1. The van der Waals surface area contributed by atoms with E-state index in [2.05, 4.69) is 34.2 Å². The summed E-state index contributed by atoms with van der Waals surface area (Å²) in [6, 6.07) is 20.3. The normalized spacial score (nSPS) is 15.4. The van der Waals surface area contributed by atoms with Gasteiger partial charge in [-0.1, -0.05) is 48.5 Å². The molecule has 0 aliphatic carbocycles. The summed E-state index contributed by atoms with van der Waals surface area (Å²) in [5, 5.41) is 4.61. The molecule has 1 fully saturated rings. The number of carbonyl (C=O) groups is 1. The Labute approximate surface area is 171 Å². The number of aromatic nitrogens is 3. The zero-order valence-electron chi connectivity index (χ0n) is 17.0. The summed E-state index contributed by atoms with van der Waals surface area (Å²) >= 11 is 0. The Morgan fingerprint density at radius 3 is 2.31 bits per heavy atom. The summed E-state index contributed by atoms with van der Waals surface area (Å²) in [5.74, 6) is 0.923. The number of benzene rings is 2. The van der Waals surface area contributed by atoms with Crippen molar-refractivity contribution in [3.8, 4) is 5.69 Å². The van der Waals surface area contributed by atoms with Crippen molar-refractivity contribution in [2.24, 2.45) is 0 Å². The molecule has 29 heavy (non-hydrogen) atoms. The molecule has 150 valence electrons. The molecule has 0 bridgehead atoms. The number of hydrogen-bond donors (Lipinski definition) is 0. The van der Waals surface area contributed by atoms with Crippen molar-refractivity contribution < 1.29 is 4.79 Å². The number of piperidine rings is 1. The molecule has 2 heterocycles. The van der Waals surface area contributed by atoms with Gasteiger partial charge in [0.2, 0.25) is 5.82 Å². The fraction of sp³-hybridized carbons (Fsp3) is 0.348. The van der Waals surface area contributed by atoms with Crippen molar-refractivity contribution in [1.29, 1.82) is 0 Å². The number of para-hydroxylation sites is 1. The summed E-state index contributed by atoms with van der Waals surface area (Å²) in [6.07, 6.45) is 2.58. The highest BCUT2D eigenvalue weighted by molar-refractivity contribution is 5.90. The van der Waals surface area contributed by atoms with Crippen molar-refractivity contribution in [3.63, 3.8) is 0 Å². The quantitative estimate of drug-likeness (QED) is 0.673. The maximum atomic E-state index is 13.1. The Kier molecular flexibility index (Phi) is 5.71. The lowest BCUT2D eigenvalue weighted by Crippen LogP contribution is -2.44. The highest BCUT2D eigenvalue weighted by Crippen LogP contribution is 2.18. The second kappa shape index (κ2) is 8.57. The zero-order valence-corrected chi connectivity index (χ0v) is 17.0. The Balaban J connectivity index is 1.62. The van der Waals surface area contributed by atoms with Gasteiger partial charge in [0.05, 0.1) is 5.69 Å². The molecule has 1 amide bonds. The average Bonchev–Trinajstić information content (AvgIpc) is 3.18. The van der Waals surface area contributed by atoms with E-state index >= 15 is 0 Å². The lowest BCUT2D eigenvalue weighted by atomic mass is 10.0. The topological polar surface area (TPSA) is 54.3 Å². The molecule has 0 saturated carbocycles. The molecule has 1 aromatic heterocycles. The fourth-order valence-electron chi connectivity index (χ4n) is 3.81. The minimum atomic E-state index is -0.108. The van der Waals surface area contributed by atoms with Gasteiger partial charge in [0.15, 0.2) is 0 Å². The number of hydrogen-bond acceptors (Lipinski definition) is 4. The molecule has 1 aliphatic rings. The molecule has 6 heteroatoms. The van der Waals surface area contributed by atoms with Crippen molar-refractivity contribution in [2.45, 2.75) is 25.3 Å². The lowest BCUT2D eigenvalue weighted by Gasteiger charge is -2.34. The lowest BCUT2D eigenvalue weighted by molar-refractivity contribution is 0.0647. The van der Waals surface area contributed by atoms with E-state index in [-0.39, 0.29) is 17.8 Å². The molecule has 0 unspecified atom stereocenters. The molecule has 6 nitrogen and oxygen atoms in total. The highest BCUT2D eigenvalue weighted by Gasteiger charge is 2.28. The Morgan fingerprint density at radius 2 is 1.66 bits per heavy atom. The summed E-state index contributed by atoms with van der Waals surface area (Å²) < 4.78 is 1.79. The van der Waals surface area contributed by atoms with E-state index in [0.717, 1.165) is 43.0 Å². The first kappa shape index (κ1) is 19.3. The largest absolute Gasteiger partial charge is 0.336 e.